The Bertz CT molecular complexity index is 55.2. The number of hydrogen-bond donors (Lipinski definition) is 0. The van der Waals surface area contributed by atoms with Gasteiger partial charge in [0.05, 0.1) is 0 Å². The zero-order valence-electron chi connectivity index (χ0n) is 4.43. The maximum absolute atomic E-state index is 10.2. The minimum Gasteiger partial charge on any atom is -1.00 e. The fourth-order valence-electron chi connectivity index (χ4n) is 0.0106. The molecule has 0 aromatic rings. The molecule has 0 aliphatic carbocycles. The van der Waals surface area contributed by atoms with Crippen LogP contribution in [0.2, 0.25) is 0 Å². The van der Waals surface area contributed by atoms with Crippen molar-refractivity contribution in [2.24, 2.45) is 0 Å². The largest absolute Gasteiger partial charge is 1.00 e. The topological polar surface area (TPSA) is 35.5 Å². The van der Waals surface area contributed by atoms with Crippen LogP contribution in [-0.2, 0) is 14.0 Å². The first-order valence-electron chi connectivity index (χ1n) is 0.856. The molecule has 7 heteroatoms. The number of hydrogen-bond acceptors (Lipinski definition) is 3. The summed E-state index contributed by atoms with van der Waals surface area (Å²) in [6, 6.07) is 0. The molecule has 0 atom stereocenters. The van der Waals surface area contributed by atoms with Gasteiger partial charge in [0.2, 0.25) is 0 Å². The van der Waals surface area contributed by atoms with E-state index in [0.717, 1.165) is 0 Å². The second-order valence-corrected chi connectivity index (χ2v) is 1.08. The van der Waals surface area contributed by atoms with Crippen molar-refractivity contribution in [3.8, 4) is 0 Å². The monoisotopic (exact) mass is 141 g/mol. The molecule has 0 unspecified atom stereocenters. The molecule has 0 rings (SSSR count). The van der Waals surface area contributed by atoms with Gasteiger partial charge in [-0.15, -0.1) is 0 Å². The fourth-order valence-corrected chi connectivity index (χ4v) is 0.0319. The molecular weight excluding hydrogens is 140 g/mol. The molecule has 0 aliphatic rings. The van der Waals surface area contributed by atoms with Crippen LogP contribution in [0.25, 0.3) is 0 Å². The summed E-state index contributed by atoms with van der Waals surface area (Å²) in [5.41, 5.74) is 0. The third-order valence-electron chi connectivity index (χ3n) is 0.113. The number of rotatable bonds is 2. The Morgan fingerprint density at radius 3 is 1.71 bits per heavy atom. The quantitative estimate of drug-likeness (QED) is 0.349. The van der Waals surface area contributed by atoms with E-state index in [0.29, 0.717) is 0 Å². The zero-order chi connectivity index (χ0) is 4.99. The SMILES string of the molecule is O=[P+](OF)OF.[H-].[Na+]. The molecule has 0 spiro atoms. The van der Waals surface area contributed by atoms with E-state index < -0.39 is 8.25 Å². The van der Waals surface area contributed by atoms with Gasteiger partial charge in [-0.05, 0) is 0 Å². The average Bonchev–Trinajstić information content (AvgIpc) is 1.65. The van der Waals surface area contributed by atoms with Crippen LogP contribution in [0.3, 0.4) is 0 Å². The smallest absolute Gasteiger partial charge is 1.00 e. The van der Waals surface area contributed by atoms with Crippen LogP contribution in [0.15, 0.2) is 0 Å². The van der Waals surface area contributed by atoms with Crippen LogP contribution in [-0.4, -0.2) is 0 Å². The summed E-state index contributed by atoms with van der Waals surface area (Å²) in [5.74, 6) is 0. The first kappa shape index (κ1) is 10.8. The van der Waals surface area contributed by atoms with Gasteiger partial charge in [-0.25, -0.2) is 0 Å². The van der Waals surface area contributed by atoms with E-state index in [2.05, 4.69) is 9.46 Å². The van der Waals surface area contributed by atoms with E-state index in [1.165, 1.54) is 0 Å². The predicted molar refractivity (Wildman–Crippen MR) is 13.1 cm³/mol. The van der Waals surface area contributed by atoms with Crippen molar-refractivity contribution in [2.45, 2.75) is 0 Å². The molecule has 0 bridgehead atoms. The second-order valence-electron chi connectivity index (χ2n) is 0.362. The van der Waals surface area contributed by atoms with Crippen molar-refractivity contribution in [3.63, 3.8) is 0 Å². The van der Waals surface area contributed by atoms with E-state index in [4.69, 9.17) is 4.57 Å². The molecule has 38 valence electrons. The van der Waals surface area contributed by atoms with Gasteiger partial charge in [-0.2, -0.15) is 0 Å². The van der Waals surface area contributed by atoms with Crippen LogP contribution in [0.4, 0.5) is 9.05 Å². The first-order valence-corrected chi connectivity index (χ1v) is 1.95. The van der Waals surface area contributed by atoms with E-state index in [1.807, 2.05) is 0 Å². The standard InChI is InChI=1S/F2O3P.Na.H/c1-4-6(3)5-2;;/q2*+1;-1. The number of halogens is 2. The minimum atomic E-state index is -3.16. The summed E-state index contributed by atoms with van der Waals surface area (Å²) in [6.07, 6.45) is 0. The Balaban J connectivity index is -0.000000125. The molecule has 0 aromatic heterocycles. The summed E-state index contributed by atoms with van der Waals surface area (Å²) in [5, 5.41) is 0. The average molecular weight is 141 g/mol. The van der Waals surface area contributed by atoms with Crippen LogP contribution >= 0.6 is 8.25 Å². The van der Waals surface area contributed by atoms with E-state index in [9.17, 15) is 9.05 Å². The molecular formula is HF2NaO3P+. The Labute approximate surface area is 62.5 Å². The van der Waals surface area contributed by atoms with Crippen molar-refractivity contribution in [1.82, 2.24) is 0 Å². The predicted octanol–water partition coefficient (Wildman–Crippen LogP) is -1.44. The van der Waals surface area contributed by atoms with Crippen molar-refractivity contribution < 1.29 is 54.1 Å². The fraction of sp³-hybridized carbons (Fsp3) is 0. The Hall–Kier alpha value is 0.880. The van der Waals surface area contributed by atoms with Gasteiger partial charge in [-0.1, -0.05) is 0 Å². The van der Waals surface area contributed by atoms with Gasteiger partial charge in [0.1, 0.15) is 9.46 Å². The summed E-state index contributed by atoms with van der Waals surface area (Å²) < 4.78 is 34.2. The summed E-state index contributed by atoms with van der Waals surface area (Å²) >= 11 is 0. The minimum absolute atomic E-state index is 0. The Morgan fingerprint density at radius 1 is 1.43 bits per heavy atom. The second kappa shape index (κ2) is 6.88. The van der Waals surface area contributed by atoms with E-state index in [-0.39, 0.29) is 31.0 Å². The maximum atomic E-state index is 10.2. The molecule has 0 fully saturated rings. The molecule has 7 heavy (non-hydrogen) atoms. The van der Waals surface area contributed by atoms with Gasteiger partial charge in [0.15, 0.2) is 0 Å². The summed E-state index contributed by atoms with van der Waals surface area (Å²) in [6.45, 7) is 0. The molecule has 0 aliphatic heterocycles. The van der Waals surface area contributed by atoms with Gasteiger partial charge < -0.3 is 1.43 Å². The molecule has 0 radical (unpaired) electrons. The Morgan fingerprint density at radius 2 is 1.71 bits per heavy atom. The third-order valence-corrected chi connectivity index (χ3v) is 0.338. The molecule has 0 amide bonds. The van der Waals surface area contributed by atoms with Gasteiger partial charge in [0.25, 0.3) is 0 Å². The normalized spacial score (nSPS) is 7.14. The van der Waals surface area contributed by atoms with Crippen LogP contribution in [0.5, 0.6) is 0 Å². The van der Waals surface area contributed by atoms with Crippen molar-refractivity contribution >= 4 is 8.25 Å². The van der Waals surface area contributed by atoms with Gasteiger partial charge in [-0.3, -0.25) is 0 Å². The first-order chi connectivity index (χ1) is 2.81. The molecule has 0 N–H and O–H groups in total. The van der Waals surface area contributed by atoms with Crippen LogP contribution in [0.1, 0.15) is 1.43 Å². The third kappa shape index (κ3) is 6.88. The van der Waals surface area contributed by atoms with Crippen molar-refractivity contribution in [3.05, 3.63) is 0 Å². The van der Waals surface area contributed by atoms with Gasteiger partial charge >= 0.3 is 37.8 Å². The van der Waals surface area contributed by atoms with E-state index in [1.54, 1.807) is 0 Å². The molecule has 3 nitrogen and oxygen atoms in total. The Kier molecular flexibility index (Phi) is 10.6. The molecule has 0 saturated heterocycles. The molecule has 0 saturated carbocycles. The molecule has 0 aromatic carbocycles. The van der Waals surface area contributed by atoms with Crippen molar-refractivity contribution in [2.75, 3.05) is 0 Å². The van der Waals surface area contributed by atoms with Crippen LogP contribution < -0.4 is 29.6 Å². The summed E-state index contributed by atoms with van der Waals surface area (Å²) in [4.78, 5) is 0. The summed E-state index contributed by atoms with van der Waals surface area (Å²) in [7, 11) is -3.16. The van der Waals surface area contributed by atoms with E-state index >= 15 is 0 Å². The van der Waals surface area contributed by atoms with Crippen LogP contribution in [0, 0.1) is 0 Å². The maximum Gasteiger partial charge on any atom is 1.00 e. The molecule has 0 heterocycles. The van der Waals surface area contributed by atoms with Gasteiger partial charge in [0, 0.05) is 13.6 Å². The van der Waals surface area contributed by atoms with Crippen molar-refractivity contribution in [1.29, 1.82) is 0 Å². The zero-order valence-corrected chi connectivity index (χ0v) is 6.32.